The zero-order valence-corrected chi connectivity index (χ0v) is 17.3. The molecule has 32 heavy (non-hydrogen) atoms. The van der Waals surface area contributed by atoms with Crippen LogP contribution in [0, 0.1) is 23.7 Å². The van der Waals surface area contributed by atoms with Crippen LogP contribution in [0.3, 0.4) is 0 Å². The van der Waals surface area contributed by atoms with E-state index in [-0.39, 0.29) is 53.5 Å². The van der Waals surface area contributed by atoms with Crippen molar-refractivity contribution in [1.82, 2.24) is 15.2 Å². The number of aromatic hydroxyl groups is 1. The maximum atomic E-state index is 13.4. The Bertz CT molecular complexity index is 1050. The van der Waals surface area contributed by atoms with E-state index >= 15 is 0 Å². The number of rotatable bonds is 5. The predicted molar refractivity (Wildman–Crippen MR) is 116 cm³/mol. The fourth-order valence-electron chi connectivity index (χ4n) is 5.24. The number of likely N-dealkylation sites (tertiary alicyclic amines) is 1. The summed E-state index contributed by atoms with van der Waals surface area (Å²) in [6.45, 7) is 0. The van der Waals surface area contributed by atoms with Gasteiger partial charge >= 0.3 is 6.03 Å². The van der Waals surface area contributed by atoms with E-state index in [1.807, 2.05) is 30.3 Å². The summed E-state index contributed by atoms with van der Waals surface area (Å²) in [6.07, 6.45) is 6.82. The first-order valence-electron chi connectivity index (χ1n) is 10.8. The molecule has 1 aromatic carbocycles. The first kappa shape index (κ1) is 20.2. The van der Waals surface area contributed by atoms with Crippen LogP contribution in [0.1, 0.15) is 18.4 Å². The molecule has 2 heterocycles. The Morgan fingerprint density at radius 1 is 1.03 bits per heavy atom. The molecular weight excluding hydrogens is 408 g/mol. The minimum atomic E-state index is -0.853. The Kier molecular flexibility index (Phi) is 5.13. The summed E-state index contributed by atoms with van der Waals surface area (Å²) in [5.41, 5.74) is 0.884. The summed E-state index contributed by atoms with van der Waals surface area (Å²) in [4.78, 5) is 44.8. The van der Waals surface area contributed by atoms with E-state index in [2.05, 4.69) is 27.8 Å². The van der Waals surface area contributed by atoms with Crippen molar-refractivity contribution in [2.75, 3.05) is 5.32 Å². The summed E-state index contributed by atoms with van der Waals surface area (Å²) in [5, 5.41) is 15.2. The predicted octanol–water partition coefficient (Wildman–Crippen LogP) is 2.67. The lowest BCUT2D eigenvalue weighted by atomic mass is 9.63. The van der Waals surface area contributed by atoms with Gasteiger partial charge in [0.25, 0.3) is 0 Å². The van der Waals surface area contributed by atoms with Crippen LogP contribution in [-0.2, 0) is 16.0 Å². The minimum Gasteiger partial charge on any atom is -0.504 e. The number of urea groups is 1. The van der Waals surface area contributed by atoms with E-state index in [0.29, 0.717) is 0 Å². The van der Waals surface area contributed by atoms with Gasteiger partial charge < -0.3 is 10.4 Å². The molecule has 6 rings (SSSR count). The second-order valence-electron chi connectivity index (χ2n) is 8.56. The van der Waals surface area contributed by atoms with Crippen LogP contribution in [0.25, 0.3) is 0 Å². The molecule has 164 valence electrons. The number of nitrogens with zero attached hydrogens (tertiary/aromatic N) is 2. The molecule has 1 aromatic heterocycles. The average Bonchev–Trinajstić information content (AvgIpc) is 3.09. The van der Waals surface area contributed by atoms with E-state index in [1.54, 1.807) is 6.07 Å². The second kappa shape index (κ2) is 8.11. The van der Waals surface area contributed by atoms with Gasteiger partial charge in [-0.3, -0.25) is 19.8 Å². The molecule has 2 bridgehead atoms. The molecule has 3 N–H and O–H groups in total. The molecule has 8 heteroatoms. The van der Waals surface area contributed by atoms with Gasteiger partial charge in [0.2, 0.25) is 11.8 Å². The van der Waals surface area contributed by atoms with Gasteiger partial charge in [0.15, 0.2) is 11.6 Å². The third-order valence-electron chi connectivity index (χ3n) is 6.69. The summed E-state index contributed by atoms with van der Waals surface area (Å²) in [7, 11) is 0. The molecule has 2 aromatic rings. The highest BCUT2D eigenvalue weighted by atomic mass is 16.3. The Hall–Kier alpha value is -3.68. The van der Waals surface area contributed by atoms with Crippen LogP contribution in [0.4, 0.5) is 10.6 Å². The van der Waals surface area contributed by atoms with E-state index in [4.69, 9.17) is 0 Å². The zero-order chi connectivity index (χ0) is 22.2. The van der Waals surface area contributed by atoms with Gasteiger partial charge in [0.05, 0.1) is 11.8 Å². The van der Waals surface area contributed by atoms with Crippen LogP contribution in [-0.4, -0.2) is 39.0 Å². The van der Waals surface area contributed by atoms with Crippen molar-refractivity contribution in [3.63, 3.8) is 0 Å². The van der Waals surface area contributed by atoms with E-state index in [9.17, 15) is 19.5 Å². The molecule has 3 aliphatic carbocycles. The van der Waals surface area contributed by atoms with Gasteiger partial charge in [-0.05, 0) is 42.4 Å². The van der Waals surface area contributed by atoms with Crippen molar-refractivity contribution in [2.45, 2.75) is 25.4 Å². The maximum absolute atomic E-state index is 13.4. The van der Waals surface area contributed by atoms with Crippen molar-refractivity contribution < 1.29 is 19.5 Å². The number of carbonyl (C=O) groups is 3. The number of hydrogen-bond acceptors (Lipinski definition) is 5. The van der Waals surface area contributed by atoms with Crippen LogP contribution < -0.4 is 10.6 Å². The van der Waals surface area contributed by atoms with E-state index in [1.165, 1.54) is 17.2 Å². The van der Waals surface area contributed by atoms with Gasteiger partial charge in [-0.25, -0.2) is 9.78 Å². The Morgan fingerprint density at radius 2 is 1.69 bits per heavy atom. The molecule has 0 unspecified atom stereocenters. The number of amides is 4. The molecule has 0 radical (unpaired) electrons. The SMILES string of the molecule is O=C(Nc1ncccc1O)N[C@H](Cc1ccccc1)N1C(=O)[C@@H]2[C@H](C1=O)[C@H]1C=C[C@H]2CC1. The van der Waals surface area contributed by atoms with E-state index < -0.39 is 12.2 Å². The van der Waals surface area contributed by atoms with E-state index in [0.717, 1.165) is 18.4 Å². The number of aromatic nitrogens is 1. The third kappa shape index (κ3) is 3.51. The highest BCUT2D eigenvalue weighted by molar-refractivity contribution is 6.06. The molecule has 4 aliphatic rings. The number of nitrogens with one attached hydrogen (secondary N) is 2. The highest BCUT2D eigenvalue weighted by Gasteiger charge is 2.58. The second-order valence-corrected chi connectivity index (χ2v) is 8.56. The number of anilines is 1. The molecule has 1 aliphatic heterocycles. The number of fused-ring (bicyclic) bond motifs is 1. The molecule has 1 saturated heterocycles. The fourth-order valence-corrected chi connectivity index (χ4v) is 5.24. The normalized spacial score (nSPS) is 26.7. The van der Waals surface area contributed by atoms with Gasteiger partial charge in [0, 0.05) is 12.6 Å². The summed E-state index contributed by atoms with van der Waals surface area (Å²) in [5.74, 6) is -1.18. The maximum Gasteiger partial charge on any atom is 0.322 e. The van der Waals surface area contributed by atoms with Gasteiger partial charge in [-0.2, -0.15) is 0 Å². The Morgan fingerprint density at radius 3 is 2.28 bits per heavy atom. The first-order chi connectivity index (χ1) is 15.5. The molecule has 5 atom stereocenters. The van der Waals surface area contributed by atoms with Crippen molar-refractivity contribution in [2.24, 2.45) is 23.7 Å². The van der Waals surface area contributed by atoms with Crippen molar-refractivity contribution in [3.05, 3.63) is 66.4 Å². The van der Waals surface area contributed by atoms with Crippen LogP contribution >= 0.6 is 0 Å². The molecule has 0 spiro atoms. The summed E-state index contributed by atoms with van der Waals surface area (Å²) >= 11 is 0. The summed E-state index contributed by atoms with van der Waals surface area (Å²) < 4.78 is 0. The Balaban J connectivity index is 1.41. The quantitative estimate of drug-likeness (QED) is 0.497. The first-order valence-corrected chi connectivity index (χ1v) is 10.8. The highest BCUT2D eigenvalue weighted by Crippen LogP contribution is 2.50. The number of pyridine rings is 1. The molecule has 8 nitrogen and oxygen atoms in total. The number of carbonyl (C=O) groups excluding carboxylic acids is 3. The van der Waals surface area contributed by atoms with Crippen molar-refractivity contribution in [3.8, 4) is 5.75 Å². The fraction of sp³-hybridized carbons (Fsp3) is 0.333. The lowest BCUT2D eigenvalue weighted by molar-refractivity contribution is -0.143. The van der Waals surface area contributed by atoms with Crippen LogP contribution in [0.2, 0.25) is 0 Å². The van der Waals surface area contributed by atoms with Gasteiger partial charge in [-0.15, -0.1) is 0 Å². The third-order valence-corrected chi connectivity index (χ3v) is 6.69. The average molecular weight is 432 g/mol. The lowest BCUT2D eigenvalue weighted by Crippen LogP contribution is -2.53. The van der Waals surface area contributed by atoms with Crippen molar-refractivity contribution in [1.29, 1.82) is 0 Å². The number of benzene rings is 1. The van der Waals surface area contributed by atoms with Crippen LogP contribution in [0.15, 0.2) is 60.8 Å². The molecular formula is C24H24N4O4. The topological polar surface area (TPSA) is 112 Å². The Labute approximate surface area is 185 Å². The number of hydrogen-bond donors (Lipinski definition) is 3. The minimum absolute atomic E-state index is 0.00144. The lowest BCUT2D eigenvalue weighted by Gasteiger charge is -2.38. The number of imide groups is 1. The van der Waals surface area contributed by atoms with Gasteiger partial charge in [-0.1, -0.05) is 42.5 Å². The monoisotopic (exact) mass is 432 g/mol. The van der Waals surface area contributed by atoms with Crippen molar-refractivity contribution >= 4 is 23.7 Å². The smallest absolute Gasteiger partial charge is 0.322 e. The zero-order valence-electron chi connectivity index (χ0n) is 17.3. The van der Waals surface area contributed by atoms with Crippen LogP contribution in [0.5, 0.6) is 5.75 Å². The van der Waals surface area contributed by atoms with Gasteiger partial charge in [0.1, 0.15) is 6.17 Å². The number of allylic oxidation sites excluding steroid dienone is 2. The standard InChI is InChI=1S/C24H24N4O4/c29-17-7-4-12-25-21(17)27-24(32)26-18(13-14-5-2-1-3-6-14)28-22(30)19-15-8-9-16(11-10-15)20(19)23(28)31/h1-9,12,15-16,18-20,29H,10-11,13H2,(H2,25,26,27,32)/t15-,16-,18-,19-,20+/m0/s1. The molecule has 1 saturated carbocycles. The molecule has 2 fully saturated rings. The summed E-state index contributed by atoms with van der Waals surface area (Å²) in [6, 6.07) is 11.7. The molecule has 4 amide bonds. The largest absolute Gasteiger partial charge is 0.504 e.